The number of aliphatic hydroxyl groups is 1. The predicted molar refractivity (Wildman–Crippen MR) is 119 cm³/mol. The van der Waals surface area contributed by atoms with Crippen molar-refractivity contribution in [2.75, 3.05) is 37.7 Å². The van der Waals surface area contributed by atoms with E-state index in [2.05, 4.69) is 4.98 Å². The summed E-state index contributed by atoms with van der Waals surface area (Å²) in [4.78, 5) is 35.3. The minimum atomic E-state index is -0.898. The van der Waals surface area contributed by atoms with Gasteiger partial charge in [-0.1, -0.05) is 11.6 Å². The van der Waals surface area contributed by atoms with Gasteiger partial charge >= 0.3 is 6.09 Å². The highest BCUT2D eigenvalue weighted by atomic mass is 35.5. The van der Waals surface area contributed by atoms with Gasteiger partial charge in [0.2, 0.25) is 5.82 Å². The number of piperazine rings is 1. The summed E-state index contributed by atoms with van der Waals surface area (Å²) in [6, 6.07) is -0.491. The van der Waals surface area contributed by atoms with Crippen LogP contribution in [0.1, 0.15) is 51.4 Å². The first-order valence-electron chi connectivity index (χ1n) is 11.0. The molecule has 4 heterocycles. The summed E-state index contributed by atoms with van der Waals surface area (Å²) in [6.45, 7) is 10.1. The van der Waals surface area contributed by atoms with E-state index < -0.39 is 46.3 Å². The smallest absolute Gasteiger partial charge is 0.410 e. The average molecular weight is 485 g/mol. The number of carbonyl (C=O) groups excluding carboxylic acids is 2. The number of anilines is 1. The van der Waals surface area contributed by atoms with Crippen LogP contribution in [-0.4, -0.2) is 88.0 Å². The molecule has 9 nitrogen and oxygen atoms in total. The number of carbonyl (C=O) groups is 2. The summed E-state index contributed by atoms with van der Waals surface area (Å²) in [5.74, 6) is -1.39. The monoisotopic (exact) mass is 484 g/mol. The molecule has 2 atom stereocenters. The quantitative estimate of drug-likeness (QED) is 0.612. The lowest BCUT2D eigenvalue weighted by atomic mass is 10.0. The highest BCUT2D eigenvalue weighted by molar-refractivity contribution is 6.30. The van der Waals surface area contributed by atoms with Gasteiger partial charge in [-0.2, -0.15) is 4.39 Å². The fourth-order valence-corrected chi connectivity index (χ4v) is 4.86. The van der Waals surface area contributed by atoms with Gasteiger partial charge in [0.15, 0.2) is 10.9 Å². The van der Waals surface area contributed by atoms with E-state index in [9.17, 15) is 19.1 Å². The molecule has 3 aliphatic heterocycles. The number of amides is 2. The van der Waals surface area contributed by atoms with Gasteiger partial charge < -0.3 is 29.3 Å². The molecule has 0 saturated carbocycles. The maximum atomic E-state index is 15.0. The molecule has 0 spiro atoms. The van der Waals surface area contributed by atoms with Crippen LogP contribution in [0.5, 0.6) is 5.75 Å². The zero-order chi connectivity index (χ0) is 24.3. The highest BCUT2D eigenvalue weighted by Crippen LogP contribution is 2.42. The van der Waals surface area contributed by atoms with Crippen molar-refractivity contribution in [2.45, 2.75) is 64.3 Å². The molecule has 33 heavy (non-hydrogen) atoms. The van der Waals surface area contributed by atoms with E-state index in [0.29, 0.717) is 6.42 Å². The lowest BCUT2D eigenvalue weighted by Crippen LogP contribution is -2.58. The fraction of sp³-hybridized carbons (Fsp3) is 0.682. The minimum absolute atomic E-state index is 0.00714. The standard InChI is InChI=1S/C22H30ClFN4O5/c1-21(2,3)33-20(31)26-6-7-27-12(9-26)11-32-16-14(19(27)30)18(25-17(23)15(16)24)28-10-13(29)8-22(28,4)5/h12-13,29H,6-11H2,1-5H3/t12-,13-/m1/s1. The van der Waals surface area contributed by atoms with Crippen LogP contribution < -0.4 is 9.64 Å². The highest BCUT2D eigenvalue weighted by Gasteiger charge is 2.45. The van der Waals surface area contributed by atoms with Crippen LogP contribution in [0, 0.1) is 5.82 Å². The zero-order valence-electron chi connectivity index (χ0n) is 19.5. The molecule has 1 aromatic heterocycles. The Balaban J connectivity index is 1.68. The molecule has 0 aromatic carbocycles. The molecule has 182 valence electrons. The van der Waals surface area contributed by atoms with E-state index >= 15 is 0 Å². The number of fused-ring (bicyclic) bond motifs is 2. The van der Waals surface area contributed by atoms with Crippen LogP contribution in [0.4, 0.5) is 15.0 Å². The lowest BCUT2D eigenvalue weighted by Gasteiger charge is -2.40. The molecule has 4 rings (SSSR count). The number of ether oxygens (including phenoxy) is 2. The van der Waals surface area contributed by atoms with E-state index in [1.807, 2.05) is 13.8 Å². The Hall–Kier alpha value is -2.33. The van der Waals surface area contributed by atoms with Crippen molar-refractivity contribution in [2.24, 2.45) is 0 Å². The van der Waals surface area contributed by atoms with Gasteiger partial charge in [0.05, 0.1) is 12.1 Å². The summed E-state index contributed by atoms with van der Waals surface area (Å²) in [6.07, 6.45) is -0.626. The third-order valence-corrected chi connectivity index (χ3v) is 6.43. The van der Waals surface area contributed by atoms with Gasteiger partial charge in [0, 0.05) is 31.7 Å². The summed E-state index contributed by atoms with van der Waals surface area (Å²) >= 11 is 6.09. The van der Waals surface area contributed by atoms with Gasteiger partial charge in [-0.25, -0.2) is 9.78 Å². The van der Waals surface area contributed by atoms with Crippen LogP contribution in [0.3, 0.4) is 0 Å². The molecular weight excluding hydrogens is 455 g/mol. The third-order valence-electron chi connectivity index (χ3n) is 6.18. The molecule has 0 radical (unpaired) electrons. The predicted octanol–water partition coefficient (Wildman–Crippen LogP) is 2.68. The van der Waals surface area contributed by atoms with Gasteiger partial charge in [0.25, 0.3) is 5.91 Å². The number of aliphatic hydroxyl groups excluding tert-OH is 1. The zero-order valence-corrected chi connectivity index (χ0v) is 20.3. The molecule has 3 aliphatic rings. The maximum absolute atomic E-state index is 15.0. The summed E-state index contributed by atoms with van der Waals surface area (Å²) in [5, 5.41) is 9.84. The second-order valence-corrected chi connectivity index (χ2v) is 10.8. The van der Waals surface area contributed by atoms with Crippen molar-refractivity contribution in [3.63, 3.8) is 0 Å². The van der Waals surface area contributed by atoms with Crippen LogP contribution in [0.15, 0.2) is 0 Å². The largest absolute Gasteiger partial charge is 0.487 e. The first-order valence-corrected chi connectivity index (χ1v) is 11.4. The Labute approximate surface area is 197 Å². The Bertz CT molecular complexity index is 983. The van der Waals surface area contributed by atoms with Crippen molar-refractivity contribution in [3.8, 4) is 5.75 Å². The minimum Gasteiger partial charge on any atom is -0.487 e. The normalized spacial score (nSPS) is 24.7. The maximum Gasteiger partial charge on any atom is 0.410 e. The Morgan fingerprint density at radius 3 is 2.61 bits per heavy atom. The molecular formula is C22H30ClFN4O5. The van der Waals surface area contributed by atoms with E-state index in [4.69, 9.17) is 21.1 Å². The lowest BCUT2D eigenvalue weighted by molar-refractivity contribution is 0.000863. The van der Waals surface area contributed by atoms with E-state index in [1.54, 1.807) is 30.6 Å². The third kappa shape index (κ3) is 4.42. The first kappa shape index (κ1) is 23.8. The van der Waals surface area contributed by atoms with Gasteiger partial charge in [-0.15, -0.1) is 0 Å². The van der Waals surface area contributed by atoms with Crippen LogP contribution in [-0.2, 0) is 4.74 Å². The van der Waals surface area contributed by atoms with Crippen molar-refractivity contribution < 1.29 is 28.6 Å². The molecule has 11 heteroatoms. The molecule has 2 amide bonds. The number of hydrogen-bond acceptors (Lipinski definition) is 7. The van der Waals surface area contributed by atoms with Gasteiger partial charge in [0.1, 0.15) is 23.6 Å². The second kappa shape index (κ2) is 8.16. The Morgan fingerprint density at radius 2 is 2.00 bits per heavy atom. The number of pyridine rings is 1. The molecule has 1 N–H and O–H groups in total. The van der Waals surface area contributed by atoms with E-state index in [1.165, 1.54) is 4.90 Å². The van der Waals surface area contributed by atoms with Crippen molar-refractivity contribution in [3.05, 3.63) is 16.5 Å². The Kier molecular flexibility index (Phi) is 5.89. The molecule has 0 unspecified atom stereocenters. The first-order chi connectivity index (χ1) is 15.3. The SMILES string of the molecule is CC(C)(C)OC(=O)N1CCN2C(=O)c3c(N4C[C@H](O)CC4(C)C)nc(Cl)c(F)c3OC[C@H]2C1. The van der Waals surface area contributed by atoms with E-state index in [-0.39, 0.29) is 49.9 Å². The van der Waals surface area contributed by atoms with Crippen LogP contribution in [0.25, 0.3) is 0 Å². The van der Waals surface area contributed by atoms with Gasteiger partial charge in [-0.05, 0) is 41.0 Å². The number of aromatic nitrogens is 1. The summed E-state index contributed by atoms with van der Waals surface area (Å²) in [7, 11) is 0. The molecule has 2 saturated heterocycles. The van der Waals surface area contributed by atoms with E-state index in [0.717, 1.165) is 0 Å². The summed E-state index contributed by atoms with van der Waals surface area (Å²) < 4.78 is 26.2. The fourth-order valence-electron chi connectivity index (χ4n) is 4.69. The number of nitrogens with zero attached hydrogens (tertiary/aromatic N) is 4. The molecule has 0 bridgehead atoms. The molecule has 2 fully saturated rings. The van der Waals surface area contributed by atoms with Crippen molar-refractivity contribution in [1.29, 1.82) is 0 Å². The second-order valence-electron chi connectivity index (χ2n) is 10.4. The number of halogens is 2. The molecule has 0 aliphatic carbocycles. The summed E-state index contributed by atoms with van der Waals surface area (Å²) in [5.41, 5.74) is -1.18. The van der Waals surface area contributed by atoms with Crippen LogP contribution in [0.2, 0.25) is 5.15 Å². The average Bonchev–Trinajstić information content (AvgIpc) is 2.89. The topological polar surface area (TPSA) is 95.4 Å². The van der Waals surface area contributed by atoms with Crippen molar-refractivity contribution in [1.82, 2.24) is 14.8 Å². The van der Waals surface area contributed by atoms with Crippen LogP contribution >= 0.6 is 11.6 Å². The van der Waals surface area contributed by atoms with Crippen molar-refractivity contribution >= 4 is 29.4 Å². The number of hydrogen-bond donors (Lipinski definition) is 1. The Morgan fingerprint density at radius 1 is 1.30 bits per heavy atom. The molecule has 1 aromatic rings. The number of rotatable bonds is 1. The van der Waals surface area contributed by atoms with Gasteiger partial charge in [-0.3, -0.25) is 4.79 Å². The number of β-amino-alcohol motifs (C(OH)–C–C–N with tert-alkyl or cyclic N) is 1.